The van der Waals surface area contributed by atoms with Gasteiger partial charge in [-0.05, 0) is 67.8 Å². The Hall–Kier alpha value is -0.460. The van der Waals surface area contributed by atoms with E-state index < -0.39 is 68.9 Å². The number of hydrogen-bond donors (Lipinski definition) is 7. The fourth-order valence-electron chi connectivity index (χ4n) is 3.17. The van der Waals surface area contributed by atoms with Crippen molar-refractivity contribution < 1.29 is 49.8 Å². The Balaban J connectivity index is 3.89. The Morgan fingerprint density at radius 1 is 0.861 bits per heavy atom. The smallest absolute Gasteiger partial charge is 0.256 e. The molecule has 0 aliphatic heterocycles. The third-order valence-electron chi connectivity index (χ3n) is 4.78. The lowest BCUT2D eigenvalue weighted by Gasteiger charge is -2.31. The van der Waals surface area contributed by atoms with Crippen molar-refractivity contribution in [2.24, 2.45) is 5.73 Å². The number of rotatable bonds is 14. The summed E-state index contributed by atoms with van der Waals surface area (Å²) in [6, 6.07) is 0. The van der Waals surface area contributed by atoms with Crippen LogP contribution < -0.4 is 10.6 Å². The summed E-state index contributed by atoms with van der Waals surface area (Å²) < 4.78 is 5.38. The standard InChI is InChI=1S/C20H28I3N3O10/c1-36-8-11(32)4-26(12(33)7-29)18-16(22)13(19(24)34)15(21)14(17(18)23)20(35)25(2-9(30)5-27)3-10(31)6-28/h9-11,27-32H,2-8H2,1H3,(H2,24,34). The van der Waals surface area contributed by atoms with E-state index in [1.165, 1.54) is 7.11 Å². The zero-order valence-corrected chi connectivity index (χ0v) is 25.6. The summed E-state index contributed by atoms with van der Waals surface area (Å²) in [4.78, 5) is 40.8. The number of halogens is 3. The molecule has 204 valence electrons. The van der Waals surface area contributed by atoms with Crippen LogP contribution in [-0.2, 0) is 9.53 Å². The summed E-state index contributed by atoms with van der Waals surface area (Å²) in [6.07, 6.45) is -3.92. The van der Waals surface area contributed by atoms with Gasteiger partial charge >= 0.3 is 0 Å². The van der Waals surface area contributed by atoms with Gasteiger partial charge in [0.05, 0.1) is 68.6 Å². The minimum Gasteiger partial charge on any atom is -0.394 e. The normalized spacial score (nSPS) is 13.7. The van der Waals surface area contributed by atoms with Gasteiger partial charge in [0.25, 0.3) is 17.7 Å². The first-order valence-electron chi connectivity index (χ1n) is 10.3. The van der Waals surface area contributed by atoms with Gasteiger partial charge in [0.1, 0.15) is 6.61 Å². The molecule has 0 aliphatic carbocycles. The topological polar surface area (TPSA) is 214 Å². The molecule has 8 N–H and O–H groups in total. The van der Waals surface area contributed by atoms with Gasteiger partial charge in [-0.3, -0.25) is 14.4 Å². The molecule has 0 saturated heterocycles. The minimum absolute atomic E-state index is 0.0355. The molecule has 3 amide bonds. The number of amides is 3. The van der Waals surface area contributed by atoms with Crippen LogP contribution in [0.15, 0.2) is 0 Å². The number of anilines is 1. The molecule has 0 saturated carbocycles. The molecule has 1 aromatic rings. The molecular weight excluding hydrogens is 823 g/mol. The summed E-state index contributed by atoms with van der Waals surface area (Å²) in [6.45, 7) is -3.64. The maximum Gasteiger partial charge on any atom is 0.256 e. The van der Waals surface area contributed by atoms with Crippen LogP contribution in [0.2, 0.25) is 0 Å². The predicted octanol–water partition coefficient (Wildman–Crippen LogP) is -1.92. The molecule has 3 unspecified atom stereocenters. The van der Waals surface area contributed by atoms with E-state index in [1.807, 2.05) is 0 Å². The quantitative estimate of drug-likeness (QED) is 0.103. The number of carbonyl (C=O) groups excluding carboxylic acids is 3. The molecule has 0 spiro atoms. The highest BCUT2D eigenvalue weighted by atomic mass is 127. The predicted molar refractivity (Wildman–Crippen MR) is 153 cm³/mol. The Morgan fingerprint density at radius 2 is 1.36 bits per heavy atom. The van der Waals surface area contributed by atoms with Crippen LogP contribution in [0, 0.1) is 10.7 Å². The van der Waals surface area contributed by atoms with Crippen molar-refractivity contribution >= 4 is 91.2 Å². The molecule has 0 radical (unpaired) electrons. The highest BCUT2D eigenvalue weighted by Crippen LogP contribution is 2.38. The fourth-order valence-corrected chi connectivity index (χ4v) is 7.92. The first-order valence-corrected chi connectivity index (χ1v) is 13.5. The summed E-state index contributed by atoms with van der Waals surface area (Å²) in [5.74, 6) is -2.54. The maximum absolute atomic E-state index is 13.7. The van der Waals surface area contributed by atoms with Gasteiger partial charge < -0.3 is 50.9 Å². The van der Waals surface area contributed by atoms with E-state index in [0.29, 0.717) is 0 Å². The van der Waals surface area contributed by atoms with Gasteiger partial charge in [0, 0.05) is 23.8 Å². The lowest BCUT2D eigenvalue weighted by molar-refractivity contribution is -0.121. The van der Waals surface area contributed by atoms with Crippen molar-refractivity contribution in [3.63, 3.8) is 0 Å². The minimum atomic E-state index is -1.37. The summed E-state index contributed by atoms with van der Waals surface area (Å²) in [5.41, 5.74) is 5.43. The number of benzene rings is 1. The molecule has 0 aromatic heterocycles. The molecule has 0 bridgehead atoms. The lowest BCUT2D eigenvalue weighted by Crippen LogP contribution is -2.45. The Kier molecular flexibility index (Phi) is 14.8. The van der Waals surface area contributed by atoms with E-state index >= 15 is 0 Å². The van der Waals surface area contributed by atoms with E-state index in [2.05, 4.69) is 0 Å². The van der Waals surface area contributed by atoms with Gasteiger partial charge in [0.15, 0.2) is 0 Å². The molecule has 13 nitrogen and oxygen atoms in total. The monoisotopic (exact) mass is 851 g/mol. The number of ether oxygens (including phenoxy) is 1. The average Bonchev–Trinajstić information content (AvgIpc) is 2.81. The van der Waals surface area contributed by atoms with Gasteiger partial charge in [-0.25, -0.2) is 0 Å². The molecule has 0 fully saturated rings. The Labute approximate surface area is 248 Å². The van der Waals surface area contributed by atoms with E-state index in [4.69, 9.17) is 10.5 Å². The van der Waals surface area contributed by atoms with Crippen LogP contribution in [0.5, 0.6) is 0 Å². The number of nitrogens with zero attached hydrogens (tertiary/aromatic N) is 2. The summed E-state index contributed by atoms with van der Waals surface area (Å²) in [5, 5.41) is 58.2. The summed E-state index contributed by atoms with van der Waals surface area (Å²) in [7, 11) is 1.35. The van der Waals surface area contributed by atoms with Crippen molar-refractivity contribution in [3.05, 3.63) is 21.8 Å². The van der Waals surface area contributed by atoms with E-state index in [0.717, 1.165) is 9.80 Å². The number of nitrogens with two attached hydrogens (primary N) is 1. The Bertz CT molecular complexity index is 940. The number of primary amides is 1. The fraction of sp³-hybridized carbons (Fsp3) is 0.550. The van der Waals surface area contributed by atoms with Crippen LogP contribution >= 0.6 is 67.8 Å². The van der Waals surface area contributed by atoms with Crippen LogP contribution in [-0.4, -0.2) is 125 Å². The van der Waals surface area contributed by atoms with Gasteiger partial charge in [-0.15, -0.1) is 0 Å². The second-order valence-electron chi connectivity index (χ2n) is 7.56. The summed E-state index contributed by atoms with van der Waals surface area (Å²) >= 11 is 5.30. The van der Waals surface area contributed by atoms with Gasteiger partial charge in [0.2, 0.25) is 0 Å². The molecule has 1 aromatic carbocycles. The number of aliphatic hydroxyl groups is 6. The Morgan fingerprint density at radius 3 is 1.78 bits per heavy atom. The molecule has 16 heteroatoms. The third-order valence-corrected chi connectivity index (χ3v) is 7.96. The molecule has 0 heterocycles. The number of methoxy groups -OCH3 is 1. The van der Waals surface area contributed by atoms with Crippen molar-refractivity contribution in [2.75, 3.05) is 58.1 Å². The van der Waals surface area contributed by atoms with E-state index in [1.54, 1.807) is 67.8 Å². The van der Waals surface area contributed by atoms with E-state index in [9.17, 15) is 45.0 Å². The first-order chi connectivity index (χ1) is 16.9. The number of carbonyl (C=O) groups is 3. The average molecular weight is 851 g/mol. The van der Waals surface area contributed by atoms with Crippen LogP contribution in [0.1, 0.15) is 20.7 Å². The second-order valence-corrected chi connectivity index (χ2v) is 10.8. The largest absolute Gasteiger partial charge is 0.394 e. The zero-order chi connectivity index (χ0) is 27.7. The van der Waals surface area contributed by atoms with Gasteiger partial charge in [-0.2, -0.15) is 0 Å². The first kappa shape index (κ1) is 33.6. The van der Waals surface area contributed by atoms with Crippen molar-refractivity contribution in [1.29, 1.82) is 0 Å². The van der Waals surface area contributed by atoms with E-state index in [-0.39, 0.29) is 40.7 Å². The highest BCUT2D eigenvalue weighted by molar-refractivity contribution is 14.1. The lowest BCUT2D eigenvalue weighted by atomic mass is 10.1. The SMILES string of the molecule is COCC(O)CN(C(=O)CO)c1c(I)c(C(N)=O)c(I)c(C(=O)N(CC(O)CO)CC(O)CO)c1I. The van der Waals surface area contributed by atoms with Crippen molar-refractivity contribution in [3.8, 4) is 0 Å². The number of hydrogen-bond acceptors (Lipinski definition) is 10. The van der Waals surface area contributed by atoms with Crippen molar-refractivity contribution in [1.82, 2.24) is 4.90 Å². The van der Waals surface area contributed by atoms with Crippen LogP contribution in [0.3, 0.4) is 0 Å². The molecule has 0 aliphatic rings. The molecule has 3 atom stereocenters. The van der Waals surface area contributed by atoms with Gasteiger partial charge in [-0.1, -0.05) is 0 Å². The molecule has 1 rings (SSSR count). The van der Waals surface area contributed by atoms with Crippen LogP contribution in [0.4, 0.5) is 5.69 Å². The molecule has 36 heavy (non-hydrogen) atoms. The molecular formula is C20H28I3N3O10. The number of aliphatic hydroxyl groups excluding tert-OH is 6. The maximum atomic E-state index is 13.7. The second kappa shape index (κ2) is 15.8. The third kappa shape index (κ3) is 8.53. The highest BCUT2D eigenvalue weighted by Gasteiger charge is 2.34. The zero-order valence-electron chi connectivity index (χ0n) is 19.1. The van der Waals surface area contributed by atoms with Crippen LogP contribution in [0.25, 0.3) is 0 Å². The van der Waals surface area contributed by atoms with Crippen molar-refractivity contribution in [2.45, 2.75) is 18.3 Å².